The molecule has 2 aromatic carbocycles. The van der Waals surface area contributed by atoms with Gasteiger partial charge in [0, 0.05) is 17.5 Å². The minimum atomic E-state index is -0.163. The predicted octanol–water partition coefficient (Wildman–Crippen LogP) is 5.11. The lowest BCUT2D eigenvalue weighted by atomic mass is 10.1. The zero-order valence-electron chi connectivity index (χ0n) is 16.7. The molecular formula is C23H24N4O. The van der Waals surface area contributed by atoms with Crippen molar-refractivity contribution in [3.05, 3.63) is 65.2 Å². The number of para-hydroxylation sites is 1. The number of hydrogen-bond donors (Lipinski definition) is 1. The molecule has 4 rings (SSSR count). The van der Waals surface area contributed by atoms with E-state index >= 15 is 0 Å². The van der Waals surface area contributed by atoms with E-state index < -0.39 is 0 Å². The molecule has 0 unspecified atom stereocenters. The highest BCUT2D eigenvalue weighted by atomic mass is 16.1. The maximum Gasteiger partial charge on any atom is 0.256 e. The van der Waals surface area contributed by atoms with E-state index in [1.165, 1.54) is 0 Å². The van der Waals surface area contributed by atoms with Gasteiger partial charge in [-0.2, -0.15) is 5.10 Å². The fraction of sp³-hybridized carbons (Fsp3) is 0.261. The van der Waals surface area contributed by atoms with Crippen LogP contribution in [0.25, 0.3) is 21.9 Å². The monoisotopic (exact) mass is 372 g/mol. The molecule has 2 heterocycles. The second-order valence-electron chi connectivity index (χ2n) is 7.75. The van der Waals surface area contributed by atoms with Crippen LogP contribution in [0.3, 0.4) is 0 Å². The lowest BCUT2D eigenvalue weighted by Crippen LogP contribution is -2.13. The van der Waals surface area contributed by atoms with E-state index in [0.29, 0.717) is 17.3 Å². The van der Waals surface area contributed by atoms with Crippen molar-refractivity contribution in [2.24, 2.45) is 5.92 Å². The van der Waals surface area contributed by atoms with Crippen molar-refractivity contribution in [1.82, 2.24) is 14.8 Å². The van der Waals surface area contributed by atoms with Crippen LogP contribution in [0, 0.1) is 19.8 Å². The van der Waals surface area contributed by atoms with Crippen LogP contribution in [0.15, 0.2) is 48.5 Å². The highest BCUT2D eigenvalue weighted by Crippen LogP contribution is 2.28. The van der Waals surface area contributed by atoms with E-state index in [4.69, 9.17) is 10.1 Å². The van der Waals surface area contributed by atoms with Crippen molar-refractivity contribution in [1.29, 1.82) is 0 Å². The number of carbonyl (C=O) groups excluding carboxylic acids is 1. The maximum absolute atomic E-state index is 12.8. The number of nitrogens with zero attached hydrogens (tertiary/aromatic N) is 3. The fourth-order valence-electron chi connectivity index (χ4n) is 3.46. The van der Waals surface area contributed by atoms with Crippen molar-refractivity contribution in [2.75, 3.05) is 5.32 Å². The number of fused-ring (bicyclic) bond motifs is 2. The Bertz CT molecular complexity index is 1190. The normalized spacial score (nSPS) is 11.5. The van der Waals surface area contributed by atoms with E-state index in [2.05, 4.69) is 38.2 Å². The first-order valence-electron chi connectivity index (χ1n) is 9.57. The Hall–Kier alpha value is -3.21. The molecule has 0 radical (unpaired) electrons. The van der Waals surface area contributed by atoms with Gasteiger partial charge in [-0.1, -0.05) is 49.7 Å². The maximum atomic E-state index is 12.8. The van der Waals surface area contributed by atoms with Crippen molar-refractivity contribution >= 4 is 33.7 Å². The topological polar surface area (TPSA) is 59.8 Å². The molecule has 0 saturated heterocycles. The number of aryl methyl sites for hydroxylation is 2. The van der Waals surface area contributed by atoms with Gasteiger partial charge in [0.2, 0.25) is 0 Å². The molecule has 0 saturated carbocycles. The highest BCUT2D eigenvalue weighted by molar-refractivity contribution is 6.09. The Kier molecular flexibility index (Phi) is 4.59. The molecule has 0 fully saturated rings. The van der Waals surface area contributed by atoms with Gasteiger partial charge in [-0.3, -0.25) is 4.79 Å². The first-order valence-corrected chi connectivity index (χ1v) is 9.57. The summed E-state index contributed by atoms with van der Waals surface area (Å²) in [6.07, 6.45) is 0. The Labute approximate surface area is 164 Å². The van der Waals surface area contributed by atoms with Crippen LogP contribution < -0.4 is 5.32 Å². The molecule has 0 atom stereocenters. The van der Waals surface area contributed by atoms with E-state index in [-0.39, 0.29) is 5.91 Å². The largest absolute Gasteiger partial charge is 0.305 e. The molecule has 1 N–H and O–H groups in total. The molecule has 0 aliphatic heterocycles. The van der Waals surface area contributed by atoms with Crippen LogP contribution >= 0.6 is 0 Å². The summed E-state index contributed by atoms with van der Waals surface area (Å²) < 4.78 is 1.90. The molecule has 0 bridgehead atoms. The van der Waals surface area contributed by atoms with Crippen molar-refractivity contribution in [3.8, 4) is 0 Å². The number of anilines is 1. The Morgan fingerprint density at radius 1 is 1.11 bits per heavy atom. The zero-order valence-corrected chi connectivity index (χ0v) is 16.7. The van der Waals surface area contributed by atoms with Crippen molar-refractivity contribution in [3.63, 3.8) is 0 Å². The lowest BCUT2D eigenvalue weighted by Gasteiger charge is -2.06. The third-order valence-corrected chi connectivity index (χ3v) is 4.80. The smallest absolute Gasteiger partial charge is 0.256 e. The number of rotatable bonds is 4. The van der Waals surface area contributed by atoms with Crippen LogP contribution in [0.4, 0.5) is 5.82 Å². The molecule has 2 aromatic heterocycles. The number of amides is 1. The van der Waals surface area contributed by atoms with Gasteiger partial charge in [0.15, 0.2) is 11.5 Å². The summed E-state index contributed by atoms with van der Waals surface area (Å²) >= 11 is 0. The number of aromatic nitrogens is 3. The van der Waals surface area contributed by atoms with E-state index in [1.54, 1.807) is 0 Å². The average molecular weight is 372 g/mol. The van der Waals surface area contributed by atoms with Gasteiger partial charge in [0.05, 0.1) is 10.9 Å². The van der Waals surface area contributed by atoms with Crippen LogP contribution in [-0.2, 0) is 6.54 Å². The summed E-state index contributed by atoms with van der Waals surface area (Å²) in [5.41, 5.74) is 4.57. The molecule has 5 heteroatoms. The quantitative estimate of drug-likeness (QED) is 0.541. The molecule has 1 amide bonds. The Morgan fingerprint density at radius 3 is 2.64 bits per heavy atom. The summed E-state index contributed by atoms with van der Waals surface area (Å²) in [6, 6.07) is 15.7. The van der Waals surface area contributed by atoms with Crippen molar-refractivity contribution in [2.45, 2.75) is 34.2 Å². The first-order chi connectivity index (χ1) is 13.4. The van der Waals surface area contributed by atoms with Crippen molar-refractivity contribution < 1.29 is 4.79 Å². The molecule has 0 aliphatic carbocycles. The zero-order chi connectivity index (χ0) is 19.8. The summed E-state index contributed by atoms with van der Waals surface area (Å²) in [6.45, 7) is 9.06. The summed E-state index contributed by atoms with van der Waals surface area (Å²) in [7, 11) is 0. The van der Waals surface area contributed by atoms with Gasteiger partial charge in [0.1, 0.15) is 0 Å². The van der Waals surface area contributed by atoms with E-state index in [9.17, 15) is 4.79 Å². The van der Waals surface area contributed by atoms with Crippen LogP contribution in [0.1, 0.15) is 35.3 Å². The van der Waals surface area contributed by atoms with Gasteiger partial charge in [-0.25, -0.2) is 9.67 Å². The minimum absolute atomic E-state index is 0.163. The van der Waals surface area contributed by atoms with Crippen LogP contribution in [0.2, 0.25) is 0 Å². The van der Waals surface area contributed by atoms with Gasteiger partial charge >= 0.3 is 0 Å². The average Bonchev–Trinajstić information content (AvgIpc) is 2.96. The molecule has 0 aliphatic rings. The molecule has 5 nitrogen and oxygen atoms in total. The lowest BCUT2D eigenvalue weighted by molar-refractivity contribution is 0.102. The Morgan fingerprint density at radius 2 is 1.89 bits per heavy atom. The number of hydrogen-bond acceptors (Lipinski definition) is 3. The minimum Gasteiger partial charge on any atom is -0.305 e. The SMILES string of the molecule is Cc1cccc(C(=O)Nc2nn(CC(C)C)c3nc4c(C)cccc4cc23)c1. The van der Waals surface area contributed by atoms with Gasteiger partial charge in [0.25, 0.3) is 5.91 Å². The number of nitrogens with one attached hydrogen (secondary N) is 1. The number of benzene rings is 2. The molecule has 0 spiro atoms. The van der Waals surface area contributed by atoms with Crippen LogP contribution in [0.5, 0.6) is 0 Å². The fourth-order valence-corrected chi connectivity index (χ4v) is 3.46. The van der Waals surface area contributed by atoms with Gasteiger partial charge < -0.3 is 5.32 Å². The van der Waals surface area contributed by atoms with Gasteiger partial charge in [-0.05, 0) is 43.5 Å². The van der Waals surface area contributed by atoms with Gasteiger partial charge in [-0.15, -0.1) is 0 Å². The van der Waals surface area contributed by atoms with E-state index in [0.717, 1.165) is 39.6 Å². The molecular weight excluding hydrogens is 348 g/mol. The second-order valence-corrected chi connectivity index (χ2v) is 7.75. The number of pyridine rings is 1. The van der Waals surface area contributed by atoms with E-state index in [1.807, 2.05) is 48.0 Å². The second kappa shape index (κ2) is 7.08. The third kappa shape index (κ3) is 3.36. The van der Waals surface area contributed by atoms with Crippen LogP contribution in [-0.4, -0.2) is 20.7 Å². The standard InChI is InChI=1S/C23H24N4O/c1-14(2)13-27-22-19(12-17-9-6-8-16(4)20(17)24-22)21(26-27)25-23(28)18-10-5-7-15(3)11-18/h5-12,14H,13H2,1-4H3,(H,25,26,28). The summed E-state index contributed by atoms with van der Waals surface area (Å²) in [5, 5.41) is 9.59. The first kappa shape index (κ1) is 18.2. The molecule has 4 aromatic rings. The Balaban J connectivity index is 1.84. The third-order valence-electron chi connectivity index (χ3n) is 4.80. The summed E-state index contributed by atoms with van der Waals surface area (Å²) in [5.74, 6) is 0.806. The number of carbonyl (C=O) groups is 1. The predicted molar refractivity (Wildman–Crippen MR) is 114 cm³/mol. The summed E-state index contributed by atoms with van der Waals surface area (Å²) in [4.78, 5) is 17.7. The molecule has 142 valence electrons. The highest BCUT2D eigenvalue weighted by Gasteiger charge is 2.17. The molecule has 28 heavy (non-hydrogen) atoms.